The zero-order chi connectivity index (χ0) is 18.6. The SMILES string of the molecule is O=C(COC(=O)c1cc2c(s1)CCC2)Nc1ccccc1-c1ccccc1. The first-order valence-electron chi connectivity index (χ1n) is 8.94. The lowest BCUT2D eigenvalue weighted by molar-refractivity contribution is -0.119. The number of thiophene rings is 1. The molecule has 1 aliphatic rings. The van der Waals surface area contributed by atoms with Crippen LogP contribution in [0, 0.1) is 0 Å². The lowest BCUT2D eigenvalue weighted by Gasteiger charge is -2.11. The first kappa shape index (κ1) is 17.5. The molecule has 0 aliphatic heterocycles. The van der Waals surface area contributed by atoms with Gasteiger partial charge in [-0.05, 0) is 42.5 Å². The van der Waals surface area contributed by atoms with Gasteiger partial charge in [0.2, 0.25) is 0 Å². The molecular weight excluding hydrogens is 358 g/mol. The molecule has 0 atom stereocenters. The summed E-state index contributed by atoms with van der Waals surface area (Å²) in [5.74, 6) is -0.781. The first-order valence-corrected chi connectivity index (χ1v) is 9.75. The van der Waals surface area contributed by atoms with Crippen LogP contribution in [0.4, 0.5) is 5.69 Å². The Morgan fingerprint density at radius 2 is 1.78 bits per heavy atom. The van der Waals surface area contributed by atoms with Crippen LogP contribution in [0.5, 0.6) is 0 Å². The molecule has 1 N–H and O–H groups in total. The number of fused-ring (bicyclic) bond motifs is 1. The molecule has 1 amide bonds. The largest absolute Gasteiger partial charge is 0.451 e. The van der Waals surface area contributed by atoms with Crippen molar-refractivity contribution in [3.8, 4) is 11.1 Å². The number of aryl methyl sites for hydroxylation is 2. The summed E-state index contributed by atoms with van der Waals surface area (Å²) in [7, 11) is 0. The van der Waals surface area contributed by atoms with Crippen molar-refractivity contribution in [1.82, 2.24) is 0 Å². The van der Waals surface area contributed by atoms with Crippen LogP contribution in [0.2, 0.25) is 0 Å². The number of carbonyl (C=O) groups excluding carboxylic acids is 2. The number of amides is 1. The Labute approximate surface area is 161 Å². The Balaban J connectivity index is 1.39. The van der Waals surface area contributed by atoms with Gasteiger partial charge in [0.15, 0.2) is 6.61 Å². The van der Waals surface area contributed by atoms with Crippen LogP contribution in [0.15, 0.2) is 60.7 Å². The molecule has 0 bridgehead atoms. The maximum Gasteiger partial charge on any atom is 0.348 e. The second-order valence-corrected chi connectivity index (χ2v) is 7.59. The van der Waals surface area contributed by atoms with E-state index < -0.39 is 5.97 Å². The van der Waals surface area contributed by atoms with Crippen molar-refractivity contribution in [1.29, 1.82) is 0 Å². The molecule has 136 valence electrons. The zero-order valence-corrected chi connectivity index (χ0v) is 15.6. The number of hydrogen-bond acceptors (Lipinski definition) is 4. The number of para-hydroxylation sites is 1. The third kappa shape index (κ3) is 3.93. The molecule has 0 fully saturated rings. The number of nitrogens with one attached hydrogen (secondary N) is 1. The molecule has 0 saturated heterocycles. The first-order chi connectivity index (χ1) is 13.2. The molecule has 3 aromatic rings. The fourth-order valence-electron chi connectivity index (χ4n) is 3.28. The van der Waals surface area contributed by atoms with Crippen molar-refractivity contribution >= 4 is 28.9 Å². The maximum atomic E-state index is 12.3. The van der Waals surface area contributed by atoms with Gasteiger partial charge in [-0.15, -0.1) is 11.3 Å². The molecule has 0 saturated carbocycles. The molecule has 0 unspecified atom stereocenters. The predicted molar refractivity (Wildman–Crippen MR) is 107 cm³/mol. The topological polar surface area (TPSA) is 55.4 Å². The van der Waals surface area contributed by atoms with Gasteiger partial charge in [0, 0.05) is 16.1 Å². The molecule has 4 nitrogen and oxygen atoms in total. The third-order valence-corrected chi connectivity index (χ3v) is 5.79. The number of anilines is 1. The van der Waals surface area contributed by atoms with E-state index in [9.17, 15) is 9.59 Å². The minimum atomic E-state index is -0.430. The fraction of sp³-hybridized carbons (Fsp3) is 0.182. The van der Waals surface area contributed by atoms with Crippen LogP contribution in [-0.2, 0) is 22.4 Å². The summed E-state index contributed by atoms with van der Waals surface area (Å²) in [6.45, 7) is -0.301. The van der Waals surface area contributed by atoms with Gasteiger partial charge < -0.3 is 10.1 Å². The van der Waals surface area contributed by atoms with Crippen LogP contribution in [0.3, 0.4) is 0 Å². The summed E-state index contributed by atoms with van der Waals surface area (Å²) in [6, 6.07) is 19.3. The maximum absolute atomic E-state index is 12.3. The number of carbonyl (C=O) groups is 2. The summed E-state index contributed by atoms with van der Waals surface area (Å²) >= 11 is 1.48. The van der Waals surface area contributed by atoms with Gasteiger partial charge in [0.1, 0.15) is 4.88 Å². The summed E-state index contributed by atoms with van der Waals surface area (Å²) in [5.41, 5.74) is 3.87. The zero-order valence-electron chi connectivity index (χ0n) is 14.7. The van der Waals surface area contributed by atoms with E-state index in [1.807, 2.05) is 60.7 Å². The van der Waals surface area contributed by atoms with E-state index in [1.54, 1.807) is 0 Å². The Bertz CT molecular complexity index is 957. The molecule has 1 heterocycles. The minimum absolute atomic E-state index is 0.301. The van der Waals surface area contributed by atoms with E-state index in [2.05, 4.69) is 5.32 Å². The normalized spacial score (nSPS) is 12.4. The standard InChI is InChI=1S/C22H19NO3S/c24-21(14-26-22(25)20-13-16-9-6-12-19(16)27-20)23-18-11-5-4-10-17(18)15-7-2-1-3-8-15/h1-5,7-8,10-11,13H,6,9,12,14H2,(H,23,24). The van der Waals surface area contributed by atoms with Crippen molar-refractivity contribution in [3.63, 3.8) is 0 Å². The highest BCUT2D eigenvalue weighted by atomic mass is 32.1. The number of hydrogen-bond donors (Lipinski definition) is 1. The Morgan fingerprint density at radius 3 is 2.59 bits per heavy atom. The van der Waals surface area contributed by atoms with Gasteiger partial charge in [-0.2, -0.15) is 0 Å². The monoisotopic (exact) mass is 377 g/mol. The molecule has 5 heteroatoms. The summed E-state index contributed by atoms with van der Waals surface area (Å²) < 4.78 is 5.20. The number of rotatable bonds is 5. The van der Waals surface area contributed by atoms with Crippen molar-refractivity contribution in [3.05, 3.63) is 76.0 Å². The van der Waals surface area contributed by atoms with Crippen molar-refractivity contribution < 1.29 is 14.3 Å². The van der Waals surface area contributed by atoms with E-state index >= 15 is 0 Å². The molecule has 1 aromatic heterocycles. The second kappa shape index (κ2) is 7.76. The molecule has 27 heavy (non-hydrogen) atoms. The van der Waals surface area contributed by atoms with Gasteiger partial charge in [-0.1, -0.05) is 48.5 Å². The van der Waals surface area contributed by atoms with E-state index in [1.165, 1.54) is 21.8 Å². The molecule has 2 aromatic carbocycles. The van der Waals surface area contributed by atoms with E-state index in [0.717, 1.165) is 30.4 Å². The highest BCUT2D eigenvalue weighted by molar-refractivity contribution is 7.14. The third-order valence-electron chi connectivity index (χ3n) is 4.57. The lowest BCUT2D eigenvalue weighted by atomic mass is 10.0. The summed E-state index contributed by atoms with van der Waals surface area (Å²) in [6.07, 6.45) is 3.21. The van der Waals surface area contributed by atoms with Gasteiger partial charge in [0.25, 0.3) is 5.91 Å². The number of esters is 1. The highest BCUT2D eigenvalue weighted by Crippen LogP contribution is 2.31. The fourth-order valence-corrected chi connectivity index (χ4v) is 4.43. The van der Waals surface area contributed by atoms with Crippen LogP contribution < -0.4 is 5.32 Å². The molecule has 4 rings (SSSR count). The van der Waals surface area contributed by atoms with Crippen LogP contribution in [0.25, 0.3) is 11.1 Å². The van der Waals surface area contributed by atoms with Crippen LogP contribution in [0.1, 0.15) is 26.5 Å². The van der Waals surface area contributed by atoms with Gasteiger partial charge >= 0.3 is 5.97 Å². The Kier molecular flexibility index (Phi) is 5.03. The number of benzene rings is 2. The Hall–Kier alpha value is -2.92. The van der Waals surface area contributed by atoms with E-state index in [0.29, 0.717) is 10.6 Å². The average molecular weight is 377 g/mol. The average Bonchev–Trinajstić information content (AvgIpc) is 3.29. The molecular formula is C22H19NO3S. The van der Waals surface area contributed by atoms with Crippen LogP contribution >= 0.6 is 11.3 Å². The molecule has 1 aliphatic carbocycles. The highest BCUT2D eigenvalue weighted by Gasteiger charge is 2.20. The smallest absolute Gasteiger partial charge is 0.348 e. The van der Waals surface area contributed by atoms with Crippen molar-refractivity contribution in [2.75, 3.05) is 11.9 Å². The second-order valence-electron chi connectivity index (χ2n) is 6.45. The minimum Gasteiger partial charge on any atom is -0.451 e. The van der Waals surface area contributed by atoms with Crippen molar-refractivity contribution in [2.24, 2.45) is 0 Å². The van der Waals surface area contributed by atoms with Crippen LogP contribution in [-0.4, -0.2) is 18.5 Å². The summed E-state index contributed by atoms with van der Waals surface area (Å²) in [4.78, 5) is 26.3. The molecule has 0 radical (unpaired) electrons. The predicted octanol–water partition coefficient (Wildman–Crippen LogP) is 4.70. The number of ether oxygens (including phenoxy) is 1. The van der Waals surface area contributed by atoms with Gasteiger partial charge in [-0.3, -0.25) is 4.79 Å². The molecule has 0 spiro atoms. The quantitative estimate of drug-likeness (QED) is 0.656. The summed E-state index contributed by atoms with van der Waals surface area (Å²) in [5, 5.41) is 2.84. The van der Waals surface area contributed by atoms with E-state index in [4.69, 9.17) is 4.74 Å². The van der Waals surface area contributed by atoms with E-state index in [-0.39, 0.29) is 12.5 Å². The van der Waals surface area contributed by atoms with Gasteiger partial charge in [-0.25, -0.2) is 4.79 Å². The van der Waals surface area contributed by atoms with Gasteiger partial charge in [0.05, 0.1) is 0 Å². The Morgan fingerprint density at radius 1 is 1.00 bits per heavy atom. The van der Waals surface area contributed by atoms with Crippen molar-refractivity contribution in [2.45, 2.75) is 19.3 Å². The lowest BCUT2D eigenvalue weighted by Crippen LogP contribution is -2.21.